The molecule has 5 heteroatoms. The first kappa shape index (κ1) is 13.7. The van der Waals surface area contributed by atoms with Gasteiger partial charge in [-0.05, 0) is 18.1 Å². The van der Waals surface area contributed by atoms with Crippen LogP contribution in [0.2, 0.25) is 0 Å². The number of aliphatic hydroxyl groups is 1. The first-order chi connectivity index (χ1) is 9.17. The lowest BCUT2D eigenvalue weighted by atomic mass is 10.1. The Bertz CT molecular complexity index is 566. The molecule has 0 radical (unpaired) electrons. The molecule has 1 aromatic carbocycles. The minimum atomic E-state index is -0.0419. The highest BCUT2D eigenvalue weighted by molar-refractivity contribution is 7.09. The molecular formula is C14H16N2O2S. The molecule has 1 amide bonds. The molecular weight excluding hydrogens is 260 g/mol. The lowest BCUT2D eigenvalue weighted by Gasteiger charge is -2.05. The molecule has 0 saturated carbocycles. The second-order valence-corrected chi connectivity index (χ2v) is 5.35. The Kier molecular flexibility index (Phi) is 4.65. The topological polar surface area (TPSA) is 62.2 Å². The van der Waals surface area contributed by atoms with Crippen LogP contribution in [0.15, 0.2) is 29.6 Å². The minimum absolute atomic E-state index is 0.0138. The number of amides is 1. The number of thiazole rings is 1. The lowest BCUT2D eigenvalue weighted by molar-refractivity contribution is -0.120. The molecule has 4 nitrogen and oxygen atoms in total. The minimum Gasteiger partial charge on any atom is -0.392 e. The van der Waals surface area contributed by atoms with Crippen LogP contribution in [-0.2, 0) is 24.4 Å². The summed E-state index contributed by atoms with van der Waals surface area (Å²) >= 11 is 1.55. The molecule has 2 N–H and O–H groups in total. The second-order valence-electron chi connectivity index (χ2n) is 4.29. The van der Waals surface area contributed by atoms with E-state index in [2.05, 4.69) is 10.3 Å². The Morgan fingerprint density at radius 2 is 2.21 bits per heavy atom. The van der Waals surface area contributed by atoms with E-state index in [1.807, 2.05) is 36.6 Å². The monoisotopic (exact) mass is 276 g/mol. The Morgan fingerprint density at radius 3 is 2.89 bits per heavy atom. The normalized spacial score (nSPS) is 10.4. The summed E-state index contributed by atoms with van der Waals surface area (Å²) in [6.07, 6.45) is 0.310. The quantitative estimate of drug-likeness (QED) is 0.875. The molecule has 0 aliphatic rings. The van der Waals surface area contributed by atoms with E-state index in [4.69, 9.17) is 5.11 Å². The number of nitrogens with zero attached hydrogens (tertiary/aromatic N) is 1. The highest BCUT2D eigenvalue weighted by Crippen LogP contribution is 2.09. The summed E-state index contributed by atoms with van der Waals surface area (Å²) in [5.41, 5.74) is 2.64. The molecule has 0 aliphatic heterocycles. The molecule has 1 heterocycles. The zero-order chi connectivity index (χ0) is 13.7. The van der Waals surface area contributed by atoms with Crippen molar-refractivity contribution in [3.63, 3.8) is 0 Å². The van der Waals surface area contributed by atoms with Gasteiger partial charge < -0.3 is 10.4 Å². The number of hydrogen-bond donors (Lipinski definition) is 2. The number of carbonyl (C=O) groups excluding carboxylic acids is 1. The summed E-state index contributed by atoms with van der Waals surface area (Å²) in [4.78, 5) is 16.0. The standard InChI is InChI=1S/C14H16N2O2S/c1-10-16-13(9-19-10)6-14(18)15-7-11-3-2-4-12(5-11)8-17/h2-5,9,17H,6-8H2,1H3,(H,15,18). The number of hydrogen-bond acceptors (Lipinski definition) is 4. The van der Waals surface area contributed by atoms with Gasteiger partial charge in [-0.1, -0.05) is 24.3 Å². The maximum Gasteiger partial charge on any atom is 0.226 e. The number of rotatable bonds is 5. The maximum absolute atomic E-state index is 11.8. The van der Waals surface area contributed by atoms with Gasteiger partial charge in [0, 0.05) is 11.9 Å². The van der Waals surface area contributed by atoms with Crippen molar-refractivity contribution in [2.75, 3.05) is 0 Å². The van der Waals surface area contributed by atoms with E-state index in [-0.39, 0.29) is 12.5 Å². The highest BCUT2D eigenvalue weighted by atomic mass is 32.1. The molecule has 2 aromatic rings. The van der Waals surface area contributed by atoms with Gasteiger partial charge in [-0.3, -0.25) is 4.79 Å². The molecule has 0 unspecified atom stereocenters. The van der Waals surface area contributed by atoms with Crippen LogP contribution in [0.25, 0.3) is 0 Å². The Labute approximate surface area is 116 Å². The third-order valence-corrected chi connectivity index (χ3v) is 3.49. The van der Waals surface area contributed by atoms with Crippen molar-refractivity contribution in [2.24, 2.45) is 0 Å². The van der Waals surface area contributed by atoms with Crippen LogP contribution in [-0.4, -0.2) is 16.0 Å². The summed E-state index contributed by atoms with van der Waals surface area (Å²) in [6, 6.07) is 7.53. The summed E-state index contributed by atoms with van der Waals surface area (Å²) < 4.78 is 0. The van der Waals surface area contributed by atoms with Gasteiger partial charge in [-0.25, -0.2) is 4.98 Å². The van der Waals surface area contributed by atoms with Gasteiger partial charge in [0.1, 0.15) is 0 Å². The van der Waals surface area contributed by atoms with Gasteiger partial charge in [-0.15, -0.1) is 11.3 Å². The third kappa shape index (κ3) is 4.15. The van der Waals surface area contributed by atoms with Gasteiger partial charge in [0.05, 0.1) is 23.7 Å². The van der Waals surface area contributed by atoms with Gasteiger partial charge in [0.15, 0.2) is 0 Å². The van der Waals surface area contributed by atoms with Crippen LogP contribution in [0.3, 0.4) is 0 Å². The van der Waals surface area contributed by atoms with E-state index in [0.29, 0.717) is 13.0 Å². The van der Waals surface area contributed by atoms with Crippen LogP contribution in [0.5, 0.6) is 0 Å². The molecule has 0 spiro atoms. The van der Waals surface area contributed by atoms with Crippen molar-refractivity contribution in [1.82, 2.24) is 10.3 Å². The van der Waals surface area contributed by atoms with E-state index in [0.717, 1.165) is 21.8 Å². The fourth-order valence-corrected chi connectivity index (χ4v) is 2.37. The summed E-state index contributed by atoms with van der Waals surface area (Å²) in [5, 5.41) is 14.8. The number of nitrogens with one attached hydrogen (secondary N) is 1. The first-order valence-corrected chi connectivity index (χ1v) is 6.91. The number of benzene rings is 1. The molecule has 1 aromatic heterocycles. The third-order valence-electron chi connectivity index (χ3n) is 2.67. The lowest BCUT2D eigenvalue weighted by Crippen LogP contribution is -2.24. The number of aryl methyl sites for hydroxylation is 1. The number of aromatic nitrogens is 1. The van der Waals surface area contributed by atoms with Crippen LogP contribution >= 0.6 is 11.3 Å². The molecule has 100 valence electrons. The molecule has 0 atom stereocenters. The van der Waals surface area contributed by atoms with Crippen molar-refractivity contribution < 1.29 is 9.90 Å². The van der Waals surface area contributed by atoms with Crippen LogP contribution < -0.4 is 5.32 Å². The fraction of sp³-hybridized carbons (Fsp3) is 0.286. The molecule has 0 bridgehead atoms. The first-order valence-electron chi connectivity index (χ1n) is 6.04. The average Bonchev–Trinajstić information content (AvgIpc) is 2.82. The average molecular weight is 276 g/mol. The van der Waals surface area contributed by atoms with Crippen LogP contribution in [0.1, 0.15) is 21.8 Å². The Morgan fingerprint density at radius 1 is 1.42 bits per heavy atom. The SMILES string of the molecule is Cc1nc(CC(=O)NCc2cccc(CO)c2)cs1. The van der Waals surface area contributed by atoms with Crippen LogP contribution in [0.4, 0.5) is 0 Å². The second kappa shape index (κ2) is 6.45. The van der Waals surface area contributed by atoms with Crippen molar-refractivity contribution in [3.8, 4) is 0 Å². The number of aliphatic hydroxyl groups excluding tert-OH is 1. The molecule has 2 rings (SSSR count). The Balaban J connectivity index is 1.86. The fourth-order valence-electron chi connectivity index (χ4n) is 1.76. The molecule has 0 saturated heterocycles. The Hall–Kier alpha value is -1.72. The summed E-state index contributed by atoms with van der Waals surface area (Å²) in [7, 11) is 0. The van der Waals surface area contributed by atoms with E-state index in [1.165, 1.54) is 0 Å². The summed E-state index contributed by atoms with van der Waals surface area (Å²) in [5.74, 6) is -0.0419. The zero-order valence-electron chi connectivity index (χ0n) is 10.7. The highest BCUT2D eigenvalue weighted by Gasteiger charge is 2.06. The predicted octanol–water partition coefficient (Wildman–Crippen LogP) is 1.80. The largest absolute Gasteiger partial charge is 0.392 e. The van der Waals surface area contributed by atoms with Gasteiger partial charge in [-0.2, -0.15) is 0 Å². The molecule has 0 fully saturated rings. The van der Waals surface area contributed by atoms with Gasteiger partial charge in [0.25, 0.3) is 0 Å². The van der Waals surface area contributed by atoms with E-state index in [9.17, 15) is 4.79 Å². The molecule has 0 aliphatic carbocycles. The van der Waals surface area contributed by atoms with Crippen molar-refractivity contribution in [3.05, 3.63) is 51.5 Å². The van der Waals surface area contributed by atoms with E-state index < -0.39 is 0 Å². The van der Waals surface area contributed by atoms with E-state index >= 15 is 0 Å². The number of carbonyl (C=O) groups is 1. The molecule has 19 heavy (non-hydrogen) atoms. The zero-order valence-corrected chi connectivity index (χ0v) is 11.5. The van der Waals surface area contributed by atoms with Gasteiger partial charge >= 0.3 is 0 Å². The van der Waals surface area contributed by atoms with Crippen molar-refractivity contribution in [1.29, 1.82) is 0 Å². The van der Waals surface area contributed by atoms with Gasteiger partial charge in [0.2, 0.25) is 5.91 Å². The summed E-state index contributed by atoms with van der Waals surface area (Å²) in [6.45, 7) is 2.40. The van der Waals surface area contributed by atoms with Crippen molar-refractivity contribution >= 4 is 17.2 Å². The maximum atomic E-state index is 11.8. The van der Waals surface area contributed by atoms with Crippen molar-refractivity contribution in [2.45, 2.75) is 26.5 Å². The smallest absolute Gasteiger partial charge is 0.226 e. The van der Waals surface area contributed by atoms with E-state index in [1.54, 1.807) is 11.3 Å². The van der Waals surface area contributed by atoms with Crippen LogP contribution in [0, 0.1) is 6.92 Å². The predicted molar refractivity (Wildman–Crippen MR) is 74.8 cm³/mol.